The largest absolute Gasteiger partial charge is 0.495 e. The zero-order valence-corrected chi connectivity index (χ0v) is 19.8. The van der Waals surface area contributed by atoms with Gasteiger partial charge in [0, 0.05) is 43.5 Å². The molecule has 1 aromatic carbocycles. The highest BCUT2D eigenvalue weighted by molar-refractivity contribution is 6.35. The summed E-state index contributed by atoms with van der Waals surface area (Å²) in [7, 11) is 1.55. The van der Waals surface area contributed by atoms with E-state index in [9.17, 15) is 4.79 Å². The highest BCUT2D eigenvalue weighted by atomic mass is 35.5. The molecule has 33 heavy (non-hydrogen) atoms. The molecule has 0 aliphatic carbocycles. The summed E-state index contributed by atoms with van der Waals surface area (Å²) in [5.41, 5.74) is 9.25. The number of carbonyl (C=O) groups excluding carboxylic acids is 1. The first-order chi connectivity index (χ1) is 16.0. The van der Waals surface area contributed by atoms with E-state index < -0.39 is 0 Å². The molecule has 3 aromatic rings. The molecule has 0 bridgehead atoms. The minimum atomic E-state index is -0.126. The van der Waals surface area contributed by atoms with E-state index in [2.05, 4.69) is 4.90 Å². The van der Waals surface area contributed by atoms with Crippen molar-refractivity contribution in [1.82, 2.24) is 19.5 Å². The summed E-state index contributed by atoms with van der Waals surface area (Å²) in [4.78, 5) is 22.6. The smallest absolute Gasteiger partial charge is 0.256 e. The number of nitrogens with two attached hydrogens (primary N) is 1. The molecule has 2 fully saturated rings. The molecule has 0 spiro atoms. The molecule has 2 saturated heterocycles. The lowest BCUT2D eigenvalue weighted by molar-refractivity contribution is 0.0605. The zero-order valence-electron chi connectivity index (χ0n) is 19.0. The number of benzene rings is 1. The van der Waals surface area contributed by atoms with E-state index in [-0.39, 0.29) is 18.0 Å². The maximum absolute atomic E-state index is 13.5. The maximum atomic E-state index is 13.5. The highest BCUT2D eigenvalue weighted by Gasteiger charge is 2.32. The summed E-state index contributed by atoms with van der Waals surface area (Å²) in [6.07, 6.45) is 5.83. The van der Waals surface area contributed by atoms with E-state index in [1.165, 1.54) is 0 Å². The Kier molecular flexibility index (Phi) is 5.88. The van der Waals surface area contributed by atoms with Crippen molar-refractivity contribution in [2.45, 2.75) is 44.7 Å². The van der Waals surface area contributed by atoms with E-state index in [1.54, 1.807) is 25.3 Å². The molecule has 0 saturated carbocycles. The van der Waals surface area contributed by atoms with Gasteiger partial charge in [0.15, 0.2) is 5.65 Å². The number of aromatic nitrogens is 3. The quantitative estimate of drug-likeness (QED) is 0.629. The van der Waals surface area contributed by atoms with Crippen molar-refractivity contribution in [2.24, 2.45) is 5.73 Å². The predicted octanol–water partition coefficient (Wildman–Crippen LogP) is 3.60. The van der Waals surface area contributed by atoms with Crippen LogP contribution in [0.15, 0.2) is 30.5 Å². The van der Waals surface area contributed by atoms with Crippen LogP contribution < -0.4 is 15.4 Å². The first-order valence-corrected chi connectivity index (χ1v) is 11.8. The maximum Gasteiger partial charge on any atom is 0.256 e. The Bertz CT molecular complexity index is 1200. The summed E-state index contributed by atoms with van der Waals surface area (Å²) >= 11 is 6.47. The average molecular weight is 469 g/mol. The van der Waals surface area contributed by atoms with Gasteiger partial charge in [0.25, 0.3) is 5.91 Å². The van der Waals surface area contributed by atoms with Crippen LogP contribution in [-0.2, 0) is 0 Å². The Morgan fingerprint density at radius 3 is 2.85 bits per heavy atom. The summed E-state index contributed by atoms with van der Waals surface area (Å²) in [6, 6.07) is 7.36. The molecule has 2 N–H and O–H groups in total. The van der Waals surface area contributed by atoms with Crippen LogP contribution in [0.5, 0.6) is 5.75 Å². The number of aryl methyl sites for hydroxylation is 1. The molecule has 0 unspecified atom stereocenters. The third kappa shape index (κ3) is 4.02. The number of hydrogen-bond donors (Lipinski definition) is 1. The van der Waals surface area contributed by atoms with Gasteiger partial charge in [-0.05, 0) is 44.7 Å². The number of hydrogen-bond acceptors (Lipinski definition) is 6. The molecule has 8 nitrogen and oxygen atoms in total. The standard InChI is InChI=1S/C24H29ClN6O2/c1-15-13-31-21(27-23(15)29-11-9-16(26)14-29)12-18(28-31)19-7-3-4-10-30(19)24(32)17-6-5-8-20(33-2)22(17)25/h5-6,8,12-13,16,19H,3-4,7,9-11,14,26H2,1-2H3/t16-,19-/m0/s1. The minimum Gasteiger partial charge on any atom is -0.495 e. The van der Waals surface area contributed by atoms with Gasteiger partial charge in [0.05, 0.1) is 29.4 Å². The number of amides is 1. The third-order valence-electron chi connectivity index (χ3n) is 6.67. The van der Waals surface area contributed by atoms with Gasteiger partial charge in [-0.15, -0.1) is 0 Å². The molecule has 174 valence electrons. The van der Waals surface area contributed by atoms with Crippen molar-refractivity contribution in [3.63, 3.8) is 0 Å². The molecule has 5 rings (SSSR count). The van der Waals surface area contributed by atoms with E-state index in [4.69, 9.17) is 32.2 Å². The second-order valence-corrected chi connectivity index (χ2v) is 9.32. The summed E-state index contributed by atoms with van der Waals surface area (Å²) in [6.45, 7) is 4.44. The molecule has 4 heterocycles. The fourth-order valence-corrected chi connectivity index (χ4v) is 5.24. The topological polar surface area (TPSA) is 89.0 Å². The van der Waals surface area contributed by atoms with Crippen molar-refractivity contribution in [1.29, 1.82) is 0 Å². The van der Waals surface area contributed by atoms with Crippen LogP contribution in [0.2, 0.25) is 5.02 Å². The Labute approximate surface area is 198 Å². The Morgan fingerprint density at radius 2 is 2.09 bits per heavy atom. The number of carbonyl (C=O) groups is 1. The van der Waals surface area contributed by atoms with Crippen LogP contribution in [0.1, 0.15) is 53.3 Å². The van der Waals surface area contributed by atoms with Gasteiger partial charge in [0.2, 0.25) is 0 Å². The average Bonchev–Trinajstić information content (AvgIpc) is 3.44. The Morgan fingerprint density at radius 1 is 1.24 bits per heavy atom. The van der Waals surface area contributed by atoms with Crippen molar-refractivity contribution >= 4 is 29.0 Å². The van der Waals surface area contributed by atoms with Crippen LogP contribution in [0.3, 0.4) is 0 Å². The SMILES string of the molecule is COc1cccc(C(=O)N2CCCC[C@H]2c2cc3nc(N4CC[C@H](N)C4)c(C)cn3n2)c1Cl. The van der Waals surface area contributed by atoms with E-state index in [0.717, 1.165) is 61.5 Å². The molecule has 0 radical (unpaired) electrons. The van der Waals surface area contributed by atoms with Gasteiger partial charge in [-0.1, -0.05) is 17.7 Å². The monoisotopic (exact) mass is 468 g/mol. The lowest BCUT2D eigenvalue weighted by Gasteiger charge is -2.35. The van der Waals surface area contributed by atoms with Gasteiger partial charge >= 0.3 is 0 Å². The normalized spacial score (nSPS) is 21.1. The molecule has 9 heteroatoms. The Balaban J connectivity index is 1.48. The highest BCUT2D eigenvalue weighted by Crippen LogP contribution is 2.35. The van der Waals surface area contributed by atoms with Crippen LogP contribution in [0, 0.1) is 6.92 Å². The van der Waals surface area contributed by atoms with Crippen molar-refractivity contribution in [3.05, 3.63) is 52.3 Å². The summed E-state index contributed by atoms with van der Waals surface area (Å²) in [5, 5.41) is 5.16. The van der Waals surface area contributed by atoms with Crippen LogP contribution in [0.25, 0.3) is 5.65 Å². The van der Waals surface area contributed by atoms with Crippen LogP contribution in [-0.4, -0.2) is 58.2 Å². The number of fused-ring (bicyclic) bond motifs is 1. The lowest BCUT2D eigenvalue weighted by Crippen LogP contribution is -2.38. The molecular formula is C24H29ClN6O2. The summed E-state index contributed by atoms with van der Waals surface area (Å²) in [5.74, 6) is 1.36. The van der Waals surface area contributed by atoms with Gasteiger partial charge < -0.3 is 20.3 Å². The number of likely N-dealkylation sites (tertiary alicyclic amines) is 1. The zero-order chi connectivity index (χ0) is 23.1. The second-order valence-electron chi connectivity index (χ2n) is 8.95. The molecule has 1 amide bonds. The first kappa shape index (κ1) is 22.0. The molecule has 2 aliphatic rings. The lowest BCUT2D eigenvalue weighted by atomic mass is 9.98. The number of ether oxygens (including phenoxy) is 1. The number of methoxy groups -OCH3 is 1. The molecule has 2 aliphatic heterocycles. The van der Waals surface area contributed by atoms with Gasteiger partial charge in [0.1, 0.15) is 11.6 Å². The fourth-order valence-electron chi connectivity index (χ4n) is 4.95. The van der Waals surface area contributed by atoms with Crippen molar-refractivity contribution < 1.29 is 9.53 Å². The van der Waals surface area contributed by atoms with Gasteiger partial charge in [-0.2, -0.15) is 5.10 Å². The molecule has 2 atom stereocenters. The summed E-state index contributed by atoms with van der Waals surface area (Å²) < 4.78 is 7.13. The van der Waals surface area contributed by atoms with E-state index >= 15 is 0 Å². The number of nitrogens with zero attached hydrogens (tertiary/aromatic N) is 5. The predicted molar refractivity (Wildman–Crippen MR) is 128 cm³/mol. The number of piperidine rings is 1. The minimum absolute atomic E-state index is 0.100. The van der Waals surface area contributed by atoms with E-state index in [1.807, 2.05) is 28.6 Å². The fraction of sp³-hybridized carbons (Fsp3) is 0.458. The van der Waals surface area contributed by atoms with Crippen LogP contribution >= 0.6 is 11.6 Å². The first-order valence-electron chi connectivity index (χ1n) is 11.5. The second kappa shape index (κ2) is 8.83. The number of anilines is 1. The van der Waals surface area contributed by atoms with Gasteiger partial charge in [-0.25, -0.2) is 9.50 Å². The molecular weight excluding hydrogens is 440 g/mol. The number of rotatable bonds is 4. The van der Waals surface area contributed by atoms with E-state index in [0.29, 0.717) is 22.9 Å². The molecule has 2 aromatic heterocycles. The Hall–Kier alpha value is -2.84. The third-order valence-corrected chi connectivity index (χ3v) is 7.06. The van der Waals surface area contributed by atoms with Crippen molar-refractivity contribution in [3.8, 4) is 5.75 Å². The van der Waals surface area contributed by atoms with Crippen molar-refractivity contribution in [2.75, 3.05) is 31.6 Å². The van der Waals surface area contributed by atoms with Gasteiger partial charge in [-0.3, -0.25) is 4.79 Å². The van der Waals surface area contributed by atoms with Crippen LogP contribution in [0.4, 0.5) is 5.82 Å². The number of halogens is 1.